The van der Waals surface area contributed by atoms with Gasteiger partial charge in [-0.15, -0.1) is 5.10 Å². The van der Waals surface area contributed by atoms with Crippen LogP contribution in [0.5, 0.6) is 0 Å². The van der Waals surface area contributed by atoms with Gasteiger partial charge in [0, 0.05) is 6.54 Å². The summed E-state index contributed by atoms with van der Waals surface area (Å²) in [7, 11) is 0. The summed E-state index contributed by atoms with van der Waals surface area (Å²) < 4.78 is 1.64. The average molecular weight is 277 g/mol. The summed E-state index contributed by atoms with van der Waals surface area (Å²) >= 11 is 1.32. The van der Waals surface area contributed by atoms with Crippen LogP contribution >= 0.6 is 11.8 Å². The number of carbonyl (C=O) groups is 1. The zero-order chi connectivity index (χ0) is 13.7. The van der Waals surface area contributed by atoms with Crippen molar-refractivity contribution in [2.45, 2.75) is 19.0 Å². The van der Waals surface area contributed by atoms with Crippen molar-refractivity contribution in [1.82, 2.24) is 25.5 Å². The Labute approximate surface area is 115 Å². The van der Waals surface area contributed by atoms with Crippen molar-refractivity contribution in [3.8, 4) is 5.69 Å². The van der Waals surface area contributed by atoms with Gasteiger partial charge >= 0.3 is 0 Å². The van der Waals surface area contributed by atoms with Crippen LogP contribution in [-0.4, -0.2) is 38.4 Å². The number of aromatic nitrogens is 4. The quantitative estimate of drug-likeness (QED) is 0.831. The van der Waals surface area contributed by atoms with Gasteiger partial charge < -0.3 is 5.32 Å². The summed E-state index contributed by atoms with van der Waals surface area (Å²) in [5.74, 6) is 0.284. The minimum absolute atomic E-state index is 0.0220. The predicted octanol–water partition coefficient (Wildman–Crippen LogP) is 1.20. The van der Waals surface area contributed by atoms with Crippen LogP contribution in [0.2, 0.25) is 0 Å². The molecule has 0 aliphatic rings. The van der Waals surface area contributed by atoms with Gasteiger partial charge in [0.1, 0.15) is 0 Å². The highest BCUT2D eigenvalue weighted by atomic mass is 32.2. The Bertz CT molecular complexity index is 569. The number of hydrogen-bond acceptors (Lipinski definition) is 5. The highest BCUT2D eigenvalue weighted by Crippen LogP contribution is 2.18. The van der Waals surface area contributed by atoms with Crippen molar-refractivity contribution in [2.24, 2.45) is 0 Å². The molecule has 0 atom stereocenters. The van der Waals surface area contributed by atoms with Crippen molar-refractivity contribution in [1.29, 1.82) is 0 Å². The van der Waals surface area contributed by atoms with Gasteiger partial charge in [-0.25, -0.2) is 0 Å². The first kappa shape index (κ1) is 13.5. The van der Waals surface area contributed by atoms with Gasteiger partial charge in [0.25, 0.3) is 0 Å². The maximum atomic E-state index is 11.4. The van der Waals surface area contributed by atoms with E-state index in [0.29, 0.717) is 17.5 Å². The number of carbonyl (C=O) groups excluding carboxylic acids is 1. The molecule has 0 saturated carbocycles. The molecule has 1 heterocycles. The first-order chi connectivity index (χ1) is 9.20. The second-order valence-corrected chi connectivity index (χ2v) is 4.90. The molecule has 19 heavy (non-hydrogen) atoms. The lowest BCUT2D eigenvalue weighted by Gasteiger charge is -2.05. The van der Waals surface area contributed by atoms with E-state index >= 15 is 0 Å². The molecule has 1 N–H and O–H groups in total. The molecule has 0 aliphatic carbocycles. The number of tetrazole rings is 1. The lowest BCUT2D eigenvalue weighted by molar-refractivity contribution is -0.118. The Balaban J connectivity index is 2.12. The number of benzene rings is 1. The maximum Gasteiger partial charge on any atom is 0.230 e. The van der Waals surface area contributed by atoms with Crippen LogP contribution in [0.15, 0.2) is 29.4 Å². The summed E-state index contributed by atoms with van der Waals surface area (Å²) in [4.78, 5) is 11.4. The van der Waals surface area contributed by atoms with Gasteiger partial charge in [0.15, 0.2) is 0 Å². The second kappa shape index (κ2) is 6.33. The number of nitrogens with zero attached hydrogens (tertiary/aromatic N) is 4. The van der Waals surface area contributed by atoms with Gasteiger partial charge in [-0.05, 0) is 42.0 Å². The van der Waals surface area contributed by atoms with E-state index in [9.17, 15) is 4.79 Å². The van der Waals surface area contributed by atoms with Crippen molar-refractivity contribution in [2.75, 3.05) is 12.3 Å². The van der Waals surface area contributed by atoms with Crippen LogP contribution in [0, 0.1) is 6.92 Å². The monoisotopic (exact) mass is 277 g/mol. The second-order valence-electron chi connectivity index (χ2n) is 3.95. The first-order valence-electron chi connectivity index (χ1n) is 5.95. The zero-order valence-corrected chi connectivity index (χ0v) is 11.6. The summed E-state index contributed by atoms with van der Waals surface area (Å²) in [6.45, 7) is 4.52. The average Bonchev–Trinajstić information content (AvgIpc) is 2.85. The molecule has 2 aromatic rings. The van der Waals surface area contributed by atoms with Crippen molar-refractivity contribution < 1.29 is 4.79 Å². The van der Waals surface area contributed by atoms with Crippen LogP contribution in [-0.2, 0) is 4.79 Å². The standard InChI is InChI=1S/C12H15N5OS/c1-3-13-11(18)8-19-12-14-15-16-17(12)10-6-4-5-9(2)7-10/h4-7H,3,8H2,1-2H3,(H,13,18). The van der Waals surface area contributed by atoms with Crippen LogP contribution in [0.4, 0.5) is 0 Å². The van der Waals surface area contributed by atoms with Crippen molar-refractivity contribution in [3.63, 3.8) is 0 Å². The molecule has 100 valence electrons. The minimum atomic E-state index is -0.0220. The topological polar surface area (TPSA) is 72.7 Å². The fourth-order valence-corrected chi connectivity index (χ4v) is 2.29. The van der Waals surface area contributed by atoms with Gasteiger partial charge in [-0.1, -0.05) is 23.9 Å². The molecule has 0 bridgehead atoms. The highest BCUT2D eigenvalue weighted by Gasteiger charge is 2.11. The van der Waals surface area contributed by atoms with Gasteiger partial charge in [0.2, 0.25) is 11.1 Å². The molecular formula is C12H15N5OS. The third kappa shape index (κ3) is 3.54. The first-order valence-corrected chi connectivity index (χ1v) is 6.94. The lowest BCUT2D eigenvalue weighted by atomic mass is 10.2. The number of hydrogen-bond donors (Lipinski definition) is 1. The third-order valence-electron chi connectivity index (χ3n) is 2.39. The Morgan fingerprint density at radius 3 is 3.05 bits per heavy atom. The normalized spacial score (nSPS) is 10.4. The molecule has 0 aliphatic heterocycles. The number of rotatable bonds is 5. The van der Waals surface area contributed by atoms with E-state index in [0.717, 1.165) is 11.3 Å². The Hall–Kier alpha value is -1.89. The number of thioether (sulfide) groups is 1. The summed E-state index contributed by atoms with van der Waals surface area (Å²) in [5.41, 5.74) is 2.02. The van der Waals surface area contributed by atoms with Gasteiger partial charge in [-0.2, -0.15) is 4.68 Å². The number of aryl methyl sites for hydroxylation is 1. The maximum absolute atomic E-state index is 11.4. The highest BCUT2D eigenvalue weighted by molar-refractivity contribution is 7.99. The molecule has 0 radical (unpaired) electrons. The molecule has 1 aromatic carbocycles. The van der Waals surface area contributed by atoms with Crippen LogP contribution in [0.25, 0.3) is 5.69 Å². The molecule has 0 spiro atoms. The van der Waals surface area contributed by atoms with E-state index in [1.807, 2.05) is 38.1 Å². The van der Waals surface area contributed by atoms with Gasteiger partial charge in [0.05, 0.1) is 11.4 Å². The van der Waals surface area contributed by atoms with Crippen LogP contribution in [0.3, 0.4) is 0 Å². The van der Waals surface area contributed by atoms with E-state index in [2.05, 4.69) is 20.8 Å². The summed E-state index contributed by atoms with van der Waals surface area (Å²) in [5, 5.41) is 14.9. The SMILES string of the molecule is CCNC(=O)CSc1nnnn1-c1cccc(C)c1. The Kier molecular flexibility index (Phi) is 4.51. The van der Waals surface area contributed by atoms with E-state index in [4.69, 9.17) is 0 Å². The lowest BCUT2D eigenvalue weighted by Crippen LogP contribution is -2.24. The minimum Gasteiger partial charge on any atom is -0.356 e. The molecule has 0 fully saturated rings. The summed E-state index contributed by atoms with van der Waals surface area (Å²) in [6.07, 6.45) is 0. The van der Waals surface area contributed by atoms with E-state index < -0.39 is 0 Å². The fraction of sp³-hybridized carbons (Fsp3) is 0.333. The Morgan fingerprint density at radius 1 is 1.47 bits per heavy atom. The molecule has 2 rings (SSSR count). The molecule has 1 aromatic heterocycles. The smallest absolute Gasteiger partial charge is 0.230 e. The number of amides is 1. The Morgan fingerprint density at radius 2 is 2.32 bits per heavy atom. The zero-order valence-electron chi connectivity index (χ0n) is 10.8. The van der Waals surface area contributed by atoms with Crippen molar-refractivity contribution in [3.05, 3.63) is 29.8 Å². The molecule has 0 saturated heterocycles. The van der Waals surface area contributed by atoms with E-state index in [1.54, 1.807) is 4.68 Å². The van der Waals surface area contributed by atoms with Crippen LogP contribution < -0.4 is 5.32 Å². The van der Waals surface area contributed by atoms with E-state index in [1.165, 1.54) is 11.8 Å². The molecule has 6 nitrogen and oxygen atoms in total. The third-order valence-corrected chi connectivity index (χ3v) is 3.31. The molecule has 0 unspecified atom stereocenters. The molecule has 1 amide bonds. The fourth-order valence-electron chi connectivity index (χ4n) is 1.57. The van der Waals surface area contributed by atoms with Crippen LogP contribution in [0.1, 0.15) is 12.5 Å². The predicted molar refractivity (Wildman–Crippen MR) is 73.3 cm³/mol. The molecule has 7 heteroatoms. The van der Waals surface area contributed by atoms with Gasteiger partial charge in [-0.3, -0.25) is 4.79 Å². The number of nitrogens with one attached hydrogen (secondary N) is 1. The van der Waals surface area contributed by atoms with E-state index in [-0.39, 0.29) is 5.91 Å². The molecular weight excluding hydrogens is 262 g/mol. The summed E-state index contributed by atoms with van der Waals surface area (Å²) in [6, 6.07) is 7.88. The van der Waals surface area contributed by atoms with Crippen molar-refractivity contribution >= 4 is 17.7 Å². The largest absolute Gasteiger partial charge is 0.356 e.